The highest BCUT2D eigenvalue weighted by atomic mass is 16.5. The zero-order valence-electron chi connectivity index (χ0n) is 51.7. The van der Waals surface area contributed by atoms with Gasteiger partial charge in [-0.1, -0.05) is 313 Å². The Balaban J connectivity index is 3.47. The molecule has 6 nitrogen and oxygen atoms in total. The average Bonchev–Trinajstić information content (AvgIpc) is 3.43. The van der Waals surface area contributed by atoms with E-state index in [0.717, 1.165) is 77.0 Å². The zero-order valence-corrected chi connectivity index (χ0v) is 51.7. The first kappa shape index (κ1) is 74.8. The van der Waals surface area contributed by atoms with Crippen LogP contribution in [0.15, 0.2) is 48.6 Å². The van der Waals surface area contributed by atoms with Crippen LogP contribution in [0.25, 0.3) is 0 Å². The smallest absolute Gasteiger partial charge is 0.305 e. The summed E-state index contributed by atoms with van der Waals surface area (Å²) in [4.78, 5) is 24.6. The van der Waals surface area contributed by atoms with Gasteiger partial charge >= 0.3 is 5.97 Å². The normalized spacial score (nSPS) is 12.8. The van der Waals surface area contributed by atoms with E-state index in [4.69, 9.17) is 4.74 Å². The largest absolute Gasteiger partial charge is 0.466 e. The van der Waals surface area contributed by atoms with E-state index in [2.05, 4.69) is 67.8 Å². The van der Waals surface area contributed by atoms with E-state index in [1.165, 1.54) is 257 Å². The molecular formula is C71H133NO5. The Bertz CT molecular complexity index is 1290. The van der Waals surface area contributed by atoms with Gasteiger partial charge < -0.3 is 20.3 Å². The van der Waals surface area contributed by atoms with Gasteiger partial charge in [-0.15, -0.1) is 0 Å². The summed E-state index contributed by atoms with van der Waals surface area (Å²) in [5.74, 6) is -0.0621. The average molecular weight is 1080 g/mol. The number of ether oxygens (including phenoxy) is 1. The van der Waals surface area contributed by atoms with Crippen molar-refractivity contribution in [3.8, 4) is 0 Å². The van der Waals surface area contributed by atoms with Crippen molar-refractivity contribution in [3.05, 3.63) is 48.6 Å². The maximum absolute atomic E-state index is 12.5. The van der Waals surface area contributed by atoms with E-state index in [1.54, 1.807) is 0 Å². The Kier molecular flexibility index (Phi) is 64.5. The minimum atomic E-state index is -0.674. The minimum absolute atomic E-state index is 0.0202. The number of hydrogen-bond donors (Lipinski definition) is 3. The predicted octanol–water partition coefficient (Wildman–Crippen LogP) is 22.1. The molecule has 0 bridgehead atoms. The number of hydrogen-bond acceptors (Lipinski definition) is 5. The first-order valence-electron chi connectivity index (χ1n) is 34.4. The first-order chi connectivity index (χ1) is 38.0. The van der Waals surface area contributed by atoms with Crippen LogP contribution in [-0.2, 0) is 14.3 Å². The summed E-state index contributed by atoms with van der Waals surface area (Å²) >= 11 is 0. The lowest BCUT2D eigenvalue weighted by molar-refractivity contribution is -0.143. The Morgan fingerprint density at radius 3 is 1.08 bits per heavy atom. The third-order valence-electron chi connectivity index (χ3n) is 15.9. The molecule has 0 aromatic rings. The molecule has 0 aliphatic rings. The van der Waals surface area contributed by atoms with E-state index in [1.807, 2.05) is 0 Å². The number of allylic oxidation sites excluding steroid dienone is 8. The van der Waals surface area contributed by atoms with Crippen LogP contribution in [0.5, 0.6) is 0 Å². The zero-order chi connectivity index (χ0) is 55.7. The fraction of sp³-hybridized carbons (Fsp3) is 0.859. The molecule has 0 heterocycles. The topological polar surface area (TPSA) is 95.9 Å². The number of aliphatic hydroxyl groups excluding tert-OH is 2. The van der Waals surface area contributed by atoms with E-state index in [0.29, 0.717) is 25.9 Å². The van der Waals surface area contributed by atoms with Crippen molar-refractivity contribution in [2.45, 2.75) is 379 Å². The summed E-state index contributed by atoms with van der Waals surface area (Å²) in [7, 11) is 0. The molecular weight excluding hydrogens is 947 g/mol. The molecule has 452 valence electrons. The number of amides is 1. The standard InChI is InChI=1S/C71H133NO5/c1-3-5-7-9-11-13-15-17-19-21-23-24-25-26-28-31-35-39-43-47-51-55-59-63-69(74)68(67-73)72-70(75)64-60-56-52-48-44-40-36-32-29-27-30-34-38-42-46-50-54-58-62-66-77-71(76)65-61-57-53-49-45-41-37-33-22-20-18-16-14-12-10-8-6-4-2/h14,16,20,22,34,38,42,46,68-69,73-74H,3-13,15,17-19,21,23-33,35-37,39-41,43-45,47-67H2,1-2H3,(H,72,75)/b16-14-,22-20-,38-34-,46-42-. The van der Waals surface area contributed by atoms with E-state index in [9.17, 15) is 19.8 Å². The molecule has 0 aliphatic carbocycles. The quantitative estimate of drug-likeness (QED) is 0.0244. The molecule has 0 rings (SSSR count). The number of carbonyl (C=O) groups excluding carboxylic acids is 2. The third kappa shape index (κ3) is 62.9. The number of carbonyl (C=O) groups is 2. The lowest BCUT2D eigenvalue weighted by Crippen LogP contribution is -2.45. The maximum Gasteiger partial charge on any atom is 0.305 e. The molecule has 0 fully saturated rings. The summed E-state index contributed by atoms with van der Waals surface area (Å²) in [5.41, 5.74) is 0. The van der Waals surface area contributed by atoms with Crippen molar-refractivity contribution in [2.75, 3.05) is 13.2 Å². The second kappa shape index (κ2) is 66.3. The molecule has 2 atom stereocenters. The van der Waals surface area contributed by atoms with Crippen LogP contribution in [0.3, 0.4) is 0 Å². The number of aliphatic hydroxyl groups is 2. The Morgan fingerprint density at radius 2 is 0.688 bits per heavy atom. The fourth-order valence-electron chi connectivity index (χ4n) is 10.6. The van der Waals surface area contributed by atoms with Crippen LogP contribution in [0, 0.1) is 0 Å². The van der Waals surface area contributed by atoms with Gasteiger partial charge in [0.15, 0.2) is 0 Å². The van der Waals surface area contributed by atoms with Crippen LogP contribution in [0.1, 0.15) is 367 Å². The van der Waals surface area contributed by atoms with E-state index >= 15 is 0 Å². The Morgan fingerprint density at radius 1 is 0.377 bits per heavy atom. The van der Waals surface area contributed by atoms with Crippen LogP contribution < -0.4 is 5.32 Å². The van der Waals surface area contributed by atoms with Gasteiger partial charge in [0.25, 0.3) is 0 Å². The summed E-state index contributed by atoms with van der Waals surface area (Å²) in [6.07, 6.45) is 85.7. The molecule has 0 saturated carbocycles. The highest BCUT2D eigenvalue weighted by Crippen LogP contribution is 2.18. The number of rotatable bonds is 64. The molecule has 0 aromatic heterocycles. The number of unbranched alkanes of at least 4 members (excludes halogenated alkanes) is 46. The fourth-order valence-corrected chi connectivity index (χ4v) is 10.6. The molecule has 0 spiro atoms. The van der Waals surface area contributed by atoms with Gasteiger partial charge in [0.05, 0.1) is 25.4 Å². The van der Waals surface area contributed by atoms with Crippen molar-refractivity contribution in [1.29, 1.82) is 0 Å². The SMILES string of the molecule is CCCCCC/C=C\C/C=C\CCCCCCCCCC(=O)OCCCCC/C=C\C=C/CCCCCCCCCCCCC(=O)NC(CO)C(O)CCCCCCCCCCCCCCCCCCCCCCCCC. The highest BCUT2D eigenvalue weighted by molar-refractivity contribution is 5.76. The summed E-state index contributed by atoms with van der Waals surface area (Å²) in [6, 6.07) is -0.552. The number of nitrogens with one attached hydrogen (secondary N) is 1. The molecule has 2 unspecified atom stereocenters. The van der Waals surface area contributed by atoms with Crippen molar-refractivity contribution < 1.29 is 24.5 Å². The maximum atomic E-state index is 12.5. The lowest BCUT2D eigenvalue weighted by atomic mass is 10.0. The monoisotopic (exact) mass is 1080 g/mol. The molecule has 1 amide bonds. The Labute approximate surface area is 480 Å². The highest BCUT2D eigenvalue weighted by Gasteiger charge is 2.20. The van der Waals surface area contributed by atoms with Gasteiger partial charge in [-0.25, -0.2) is 0 Å². The van der Waals surface area contributed by atoms with Crippen LogP contribution >= 0.6 is 0 Å². The molecule has 6 heteroatoms. The molecule has 3 N–H and O–H groups in total. The minimum Gasteiger partial charge on any atom is -0.466 e. The summed E-state index contributed by atoms with van der Waals surface area (Å²) < 4.78 is 5.47. The molecule has 0 saturated heterocycles. The van der Waals surface area contributed by atoms with E-state index in [-0.39, 0.29) is 18.5 Å². The number of esters is 1. The summed E-state index contributed by atoms with van der Waals surface area (Å²) in [5, 5.41) is 23.4. The summed E-state index contributed by atoms with van der Waals surface area (Å²) in [6.45, 7) is 4.92. The lowest BCUT2D eigenvalue weighted by Gasteiger charge is -2.22. The van der Waals surface area contributed by atoms with Crippen molar-refractivity contribution >= 4 is 11.9 Å². The van der Waals surface area contributed by atoms with Gasteiger partial charge in [-0.2, -0.15) is 0 Å². The van der Waals surface area contributed by atoms with Gasteiger partial charge in [0.1, 0.15) is 0 Å². The molecule has 0 aromatic carbocycles. The predicted molar refractivity (Wildman–Crippen MR) is 338 cm³/mol. The molecule has 0 radical (unpaired) electrons. The van der Waals surface area contributed by atoms with Gasteiger partial charge in [0.2, 0.25) is 5.91 Å². The van der Waals surface area contributed by atoms with E-state index < -0.39 is 12.1 Å². The first-order valence-corrected chi connectivity index (χ1v) is 34.4. The van der Waals surface area contributed by atoms with Gasteiger partial charge in [-0.3, -0.25) is 9.59 Å². The molecule has 0 aliphatic heterocycles. The van der Waals surface area contributed by atoms with Crippen molar-refractivity contribution in [1.82, 2.24) is 5.32 Å². The second-order valence-corrected chi connectivity index (χ2v) is 23.5. The van der Waals surface area contributed by atoms with Crippen molar-refractivity contribution in [2.24, 2.45) is 0 Å². The second-order valence-electron chi connectivity index (χ2n) is 23.5. The van der Waals surface area contributed by atoms with Gasteiger partial charge in [0, 0.05) is 12.8 Å². The van der Waals surface area contributed by atoms with Crippen LogP contribution in [-0.4, -0.2) is 47.4 Å². The van der Waals surface area contributed by atoms with Crippen molar-refractivity contribution in [3.63, 3.8) is 0 Å². The molecule has 77 heavy (non-hydrogen) atoms. The third-order valence-corrected chi connectivity index (χ3v) is 15.9. The van der Waals surface area contributed by atoms with Crippen LogP contribution in [0.4, 0.5) is 0 Å². The van der Waals surface area contributed by atoms with Crippen LogP contribution in [0.2, 0.25) is 0 Å². The Hall–Kier alpha value is -2.18. The van der Waals surface area contributed by atoms with Gasteiger partial charge in [-0.05, 0) is 89.9 Å².